The number of hydrogen-bond donors (Lipinski definition) is 2. The van der Waals surface area contributed by atoms with Gasteiger partial charge in [-0.3, -0.25) is 9.36 Å². The molecule has 0 aromatic heterocycles. The Hall–Kier alpha value is -0.500. The van der Waals surface area contributed by atoms with E-state index < -0.39 is 20.0 Å². The second kappa shape index (κ2) is 33.3. The maximum absolute atomic E-state index is 12.8. The molecule has 0 heterocycles. The maximum atomic E-state index is 12.8. The molecule has 9 heteroatoms. The summed E-state index contributed by atoms with van der Waals surface area (Å²) in [5.41, 5.74) is 0. The normalized spacial score (nSPS) is 14.5. The summed E-state index contributed by atoms with van der Waals surface area (Å²) in [6.07, 6.45) is 33.9. The van der Waals surface area contributed by atoms with Gasteiger partial charge in [0.15, 0.2) is 0 Å². The number of carbonyl (C=O) groups is 1. The van der Waals surface area contributed by atoms with E-state index in [0.29, 0.717) is 23.9 Å². The van der Waals surface area contributed by atoms with Crippen molar-refractivity contribution in [2.45, 2.75) is 212 Å². The molecule has 0 fully saturated rings. The van der Waals surface area contributed by atoms with Crippen molar-refractivity contribution in [3.8, 4) is 0 Å². The first-order chi connectivity index (χ1) is 23.5. The first kappa shape index (κ1) is 48.5. The number of nitrogens with zero attached hydrogens (tertiary/aromatic N) is 1. The molecule has 0 bridgehead atoms. The Bertz CT molecular complexity index is 778. The summed E-state index contributed by atoms with van der Waals surface area (Å²) in [6, 6.07) is -0.791. The molecule has 0 radical (unpaired) electrons. The van der Waals surface area contributed by atoms with Crippen molar-refractivity contribution in [3.63, 3.8) is 0 Å². The van der Waals surface area contributed by atoms with Crippen LogP contribution in [0.15, 0.2) is 0 Å². The molecule has 0 spiro atoms. The Balaban J connectivity index is 4.34. The van der Waals surface area contributed by atoms with Crippen molar-refractivity contribution < 1.29 is 32.9 Å². The number of quaternary nitrogens is 1. The molecule has 1 amide bonds. The van der Waals surface area contributed by atoms with Gasteiger partial charge in [-0.25, -0.2) is 0 Å². The van der Waals surface area contributed by atoms with E-state index in [1.807, 2.05) is 21.1 Å². The van der Waals surface area contributed by atoms with Crippen molar-refractivity contribution in [3.05, 3.63) is 0 Å². The van der Waals surface area contributed by atoms with Gasteiger partial charge in [-0.1, -0.05) is 181 Å². The third kappa shape index (κ3) is 35.7. The van der Waals surface area contributed by atoms with Gasteiger partial charge in [-0.2, -0.15) is 0 Å². The molecule has 0 aromatic carbocycles. The summed E-state index contributed by atoms with van der Waals surface area (Å²) >= 11 is 0. The van der Waals surface area contributed by atoms with Gasteiger partial charge in [-0.05, 0) is 12.8 Å². The van der Waals surface area contributed by atoms with Gasteiger partial charge in [0, 0.05) is 6.42 Å². The SMILES string of the molecule is CCCCCCCCCCCCCCCCCCC[C@H](O)[C@@H](COP(=O)([O-])OCC[N+](C)(C)C)NC(=O)CCCCCCCCCCCC. The number of unbranched alkanes of at least 4 members (excludes halogenated alkanes) is 25. The topological polar surface area (TPSA) is 108 Å². The zero-order valence-electron chi connectivity index (χ0n) is 33.2. The third-order valence-electron chi connectivity index (χ3n) is 9.60. The van der Waals surface area contributed by atoms with Crippen molar-refractivity contribution in [1.29, 1.82) is 0 Å². The smallest absolute Gasteiger partial charge is 0.268 e. The van der Waals surface area contributed by atoms with E-state index in [2.05, 4.69) is 19.2 Å². The van der Waals surface area contributed by atoms with Gasteiger partial charge in [0.2, 0.25) is 5.91 Å². The Labute approximate surface area is 304 Å². The van der Waals surface area contributed by atoms with E-state index in [0.717, 1.165) is 38.5 Å². The molecule has 0 saturated carbocycles. The van der Waals surface area contributed by atoms with E-state index in [4.69, 9.17) is 9.05 Å². The minimum Gasteiger partial charge on any atom is -0.756 e. The first-order valence-corrected chi connectivity index (χ1v) is 22.3. The summed E-state index contributed by atoms with van der Waals surface area (Å²) in [4.78, 5) is 25.2. The molecule has 294 valence electrons. The number of rotatable bonds is 38. The van der Waals surface area contributed by atoms with Crippen LogP contribution in [0.3, 0.4) is 0 Å². The molecule has 0 saturated heterocycles. The van der Waals surface area contributed by atoms with Crippen LogP contribution in [0.4, 0.5) is 0 Å². The number of amides is 1. The van der Waals surface area contributed by atoms with Crippen LogP contribution >= 0.6 is 7.82 Å². The number of phosphoric acid groups is 1. The average molecular weight is 719 g/mol. The van der Waals surface area contributed by atoms with Crippen LogP contribution in [0.5, 0.6) is 0 Å². The van der Waals surface area contributed by atoms with Gasteiger partial charge >= 0.3 is 0 Å². The van der Waals surface area contributed by atoms with E-state index in [-0.39, 0.29) is 19.1 Å². The summed E-state index contributed by atoms with van der Waals surface area (Å²) in [5.74, 6) is -0.165. The monoisotopic (exact) mass is 719 g/mol. The average Bonchev–Trinajstić information content (AvgIpc) is 3.04. The van der Waals surface area contributed by atoms with Crippen LogP contribution in [-0.4, -0.2) is 68.5 Å². The minimum absolute atomic E-state index is 0.0157. The first-order valence-electron chi connectivity index (χ1n) is 20.9. The van der Waals surface area contributed by atoms with Crippen LogP contribution in [0, 0.1) is 0 Å². The van der Waals surface area contributed by atoms with Gasteiger partial charge in [-0.15, -0.1) is 0 Å². The fourth-order valence-corrected chi connectivity index (χ4v) is 6.94. The van der Waals surface area contributed by atoms with E-state index in [1.54, 1.807) is 0 Å². The fraction of sp³-hybridized carbons (Fsp3) is 0.975. The highest BCUT2D eigenvalue weighted by Gasteiger charge is 2.24. The molecular weight excluding hydrogens is 635 g/mol. The largest absolute Gasteiger partial charge is 0.756 e. The van der Waals surface area contributed by atoms with Crippen LogP contribution < -0.4 is 10.2 Å². The van der Waals surface area contributed by atoms with E-state index >= 15 is 0 Å². The molecule has 8 nitrogen and oxygen atoms in total. The zero-order valence-corrected chi connectivity index (χ0v) is 34.1. The van der Waals surface area contributed by atoms with E-state index in [1.165, 1.54) is 135 Å². The number of nitrogens with one attached hydrogen (secondary N) is 1. The number of aliphatic hydroxyl groups is 1. The third-order valence-corrected chi connectivity index (χ3v) is 10.6. The van der Waals surface area contributed by atoms with Crippen LogP contribution in [-0.2, 0) is 18.4 Å². The lowest BCUT2D eigenvalue weighted by molar-refractivity contribution is -0.870. The molecule has 0 rings (SSSR count). The second-order valence-electron chi connectivity index (χ2n) is 15.7. The molecule has 1 unspecified atom stereocenters. The lowest BCUT2D eigenvalue weighted by atomic mass is 10.0. The van der Waals surface area contributed by atoms with Gasteiger partial charge < -0.3 is 28.8 Å². The molecule has 0 aliphatic carbocycles. The molecule has 0 aliphatic heterocycles. The number of phosphoric ester groups is 1. The predicted octanol–water partition coefficient (Wildman–Crippen LogP) is 10.4. The molecule has 0 aliphatic rings. The molecule has 49 heavy (non-hydrogen) atoms. The highest BCUT2D eigenvalue weighted by Crippen LogP contribution is 2.38. The van der Waals surface area contributed by atoms with Gasteiger partial charge in [0.05, 0.1) is 39.9 Å². The van der Waals surface area contributed by atoms with Crippen molar-refractivity contribution >= 4 is 13.7 Å². The predicted molar refractivity (Wildman–Crippen MR) is 206 cm³/mol. The van der Waals surface area contributed by atoms with Gasteiger partial charge in [0.25, 0.3) is 7.82 Å². The van der Waals surface area contributed by atoms with Crippen molar-refractivity contribution in [2.24, 2.45) is 0 Å². The lowest BCUT2D eigenvalue weighted by Gasteiger charge is -2.30. The van der Waals surface area contributed by atoms with Crippen molar-refractivity contribution in [2.75, 3.05) is 40.9 Å². The Kier molecular flexibility index (Phi) is 33.0. The Morgan fingerprint density at radius 1 is 0.633 bits per heavy atom. The number of aliphatic hydroxyl groups excluding tert-OH is 1. The molecule has 0 aromatic rings. The van der Waals surface area contributed by atoms with Crippen LogP contribution in [0.1, 0.15) is 200 Å². The standard InChI is InChI=1S/C40H83N2O6P/c1-6-8-10-12-14-16-18-19-20-21-22-23-24-25-27-29-31-33-39(43)38(37-48-49(45,46)47-36-35-42(3,4)5)41-40(44)34-32-30-28-26-17-15-13-11-9-7-2/h38-39,43H,6-37H2,1-5H3,(H-,41,44,45,46)/t38-,39+/m1/s1. The minimum atomic E-state index is -4.55. The highest BCUT2D eigenvalue weighted by atomic mass is 31.2. The quantitative estimate of drug-likeness (QED) is 0.0374. The Morgan fingerprint density at radius 2 is 1.00 bits per heavy atom. The maximum Gasteiger partial charge on any atom is 0.268 e. The Morgan fingerprint density at radius 3 is 1.39 bits per heavy atom. The molecule has 3 atom stereocenters. The summed E-state index contributed by atoms with van der Waals surface area (Å²) in [6.45, 7) is 4.71. The van der Waals surface area contributed by atoms with Crippen LogP contribution in [0.25, 0.3) is 0 Å². The zero-order chi connectivity index (χ0) is 36.5. The summed E-state index contributed by atoms with van der Waals surface area (Å²) in [7, 11) is 1.31. The van der Waals surface area contributed by atoms with E-state index in [9.17, 15) is 19.4 Å². The summed E-state index contributed by atoms with van der Waals surface area (Å²) in [5, 5.41) is 13.9. The highest BCUT2D eigenvalue weighted by molar-refractivity contribution is 7.45. The molecule has 2 N–H and O–H groups in total. The van der Waals surface area contributed by atoms with Gasteiger partial charge in [0.1, 0.15) is 13.2 Å². The van der Waals surface area contributed by atoms with Crippen LogP contribution in [0.2, 0.25) is 0 Å². The summed E-state index contributed by atoms with van der Waals surface area (Å²) < 4.78 is 23.2. The molecular formula is C40H83N2O6P. The van der Waals surface area contributed by atoms with Crippen molar-refractivity contribution in [1.82, 2.24) is 5.32 Å². The second-order valence-corrected chi connectivity index (χ2v) is 17.1. The number of hydrogen-bond acceptors (Lipinski definition) is 6. The fourth-order valence-electron chi connectivity index (χ4n) is 6.22. The number of likely N-dealkylation sites (N-methyl/N-ethyl adjacent to an activating group) is 1. The number of carbonyl (C=O) groups excluding carboxylic acids is 1. The lowest BCUT2D eigenvalue weighted by Crippen LogP contribution is -2.46.